The fourth-order valence-electron chi connectivity index (χ4n) is 4.76. The summed E-state index contributed by atoms with van der Waals surface area (Å²) in [4.78, 5) is 14.4. The molecule has 1 saturated heterocycles. The highest BCUT2D eigenvalue weighted by Crippen LogP contribution is 2.33. The summed E-state index contributed by atoms with van der Waals surface area (Å²) in [5, 5.41) is 12.7. The van der Waals surface area contributed by atoms with E-state index in [9.17, 15) is 13.6 Å². The Labute approximate surface area is 214 Å². The van der Waals surface area contributed by atoms with E-state index in [0.29, 0.717) is 26.3 Å². The van der Waals surface area contributed by atoms with Crippen molar-refractivity contribution in [1.82, 2.24) is 15.1 Å². The Balaban J connectivity index is 1.36. The number of carbonyl (C=O) groups is 1. The zero-order valence-corrected chi connectivity index (χ0v) is 20.9. The average molecular weight is 509 g/mol. The molecule has 0 aliphatic carbocycles. The van der Waals surface area contributed by atoms with Crippen molar-refractivity contribution < 1.29 is 23.0 Å². The van der Waals surface area contributed by atoms with Gasteiger partial charge in [0.1, 0.15) is 6.61 Å². The SMILES string of the molecule is COCC(F)(F)c1cccc([C@@H](C)Nc2cnnc3ccc(C4=CCN(C(=O)C5COC5)CC4)cc23)c1. The molecular weight excluding hydrogens is 478 g/mol. The average Bonchev–Trinajstić information content (AvgIpc) is 2.88. The van der Waals surface area contributed by atoms with Gasteiger partial charge in [-0.2, -0.15) is 19.0 Å². The number of ether oxygens (including phenoxy) is 2. The molecule has 3 heterocycles. The molecule has 1 atom stereocenters. The monoisotopic (exact) mass is 508 g/mol. The number of rotatable bonds is 8. The summed E-state index contributed by atoms with van der Waals surface area (Å²) < 4.78 is 38.6. The van der Waals surface area contributed by atoms with Crippen LogP contribution in [0.15, 0.2) is 54.7 Å². The van der Waals surface area contributed by atoms with Crippen molar-refractivity contribution in [2.75, 3.05) is 45.3 Å². The third kappa shape index (κ3) is 5.33. The number of hydrogen-bond acceptors (Lipinski definition) is 6. The molecule has 1 amide bonds. The minimum absolute atomic E-state index is 0.00304. The van der Waals surface area contributed by atoms with Crippen LogP contribution in [0.4, 0.5) is 14.5 Å². The van der Waals surface area contributed by atoms with Gasteiger partial charge < -0.3 is 19.7 Å². The quantitative estimate of drug-likeness (QED) is 0.471. The van der Waals surface area contributed by atoms with E-state index in [0.717, 1.165) is 34.1 Å². The topological polar surface area (TPSA) is 76.6 Å². The molecule has 2 aromatic carbocycles. The van der Waals surface area contributed by atoms with Gasteiger partial charge in [0.2, 0.25) is 5.91 Å². The zero-order valence-electron chi connectivity index (χ0n) is 20.9. The highest BCUT2D eigenvalue weighted by Gasteiger charge is 2.32. The van der Waals surface area contributed by atoms with Crippen LogP contribution in [0.3, 0.4) is 0 Å². The zero-order chi connectivity index (χ0) is 26.0. The lowest BCUT2D eigenvalue weighted by molar-refractivity contribution is -0.149. The van der Waals surface area contributed by atoms with Crippen molar-refractivity contribution in [2.24, 2.45) is 5.92 Å². The van der Waals surface area contributed by atoms with Gasteiger partial charge in [-0.1, -0.05) is 30.3 Å². The van der Waals surface area contributed by atoms with Gasteiger partial charge in [0.15, 0.2) is 0 Å². The molecule has 0 bridgehead atoms. The lowest BCUT2D eigenvalue weighted by atomic mass is 9.96. The molecular formula is C28H30F2N4O3. The molecule has 0 saturated carbocycles. The smallest absolute Gasteiger partial charge is 0.296 e. The van der Waals surface area contributed by atoms with Gasteiger partial charge in [0.25, 0.3) is 5.92 Å². The summed E-state index contributed by atoms with van der Waals surface area (Å²) in [6, 6.07) is 12.2. The number of methoxy groups -OCH3 is 1. The Bertz CT molecular complexity index is 1330. The van der Waals surface area contributed by atoms with E-state index in [1.165, 1.54) is 24.8 Å². The second kappa shape index (κ2) is 10.5. The number of carbonyl (C=O) groups excluding carboxylic acids is 1. The molecule has 0 radical (unpaired) electrons. The van der Waals surface area contributed by atoms with Crippen LogP contribution in [0, 0.1) is 5.92 Å². The Morgan fingerprint density at radius 2 is 2.11 bits per heavy atom. The van der Waals surface area contributed by atoms with Crippen molar-refractivity contribution >= 4 is 28.1 Å². The molecule has 0 unspecified atom stereocenters. The number of amides is 1. The van der Waals surface area contributed by atoms with Gasteiger partial charge in [-0.15, -0.1) is 0 Å². The Kier molecular flexibility index (Phi) is 7.17. The summed E-state index contributed by atoms with van der Waals surface area (Å²) in [6.45, 7) is 3.56. The first-order chi connectivity index (χ1) is 17.9. The summed E-state index contributed by atoms with van der Waals surface area (Å²) in [6.07, 6.45) is 4.53. The molecule has 194 valence electrons. The van der Waals surface area contributed by atoms with E-state index >= 15 is 0 Å². The van der Waals surface area contributed by atoms with Crippen LogP contribution in [-0.2, 0) is 20.2 Å². The van der Waals surface area contributed by atoms with Crippen molar-refractivity contribution in [1.29, 1.82) is 0 Å². The minimum atomic E-state index is -3.07. The minimum Gasteiger partial charge on any atom is -0.380 e. The molecule has 37 heavy (non-hydrogen) atoms. The molecule has 1 N–H and O–H groups in total. The molecule has 5 rings (SSSR count). The fourth-order valence-corrected chi connectivity index (χ4v) is 4.76. The number of alkyl halides is 2. The van der Waals surface area contributed by atoms with Crippen molar-refractivity contribution in [3.63, 3.8) is 0 Å². The molecule has 3 aromatic rings. The Morgan fingerprint density at radius 1 is 1.27 bits per heavy atom. The standard InChI is InChI=1S/C28H30F2N4O3/c1-18(20-4-3-5-23(12-20)28(29,30)17-36-2)32-26-14-31-33-25-7-6-21(13-24(25)26)19-8-10-34(11-9-19)27(35)22-15-37-16-22/h3-8,12-14,18,22H,9-11,15-17H2,1-2H3,(H,32,33)/t18-/m1/s1. The lowest BCUT2D eigenvalue weighted by Gasteiger charge is -2.33. The summed E-state index contributed by atoms with van der Waals surface area (Å²) in [5.74, 6) is -2.90. The van der Waals surface area contributed by atoms with E-state index in [4.69, 9.17) is 9.47 Å². The largest absolute Gasteiger partial charge is 0.380 e. The maximum atomic E-state index is 14.4. The number of fused-ring (bicyclic) bond motifs is 1. The van der Waals surface area contributed by atoms with Gasteiger partial charge in [0.05, 0.1) is 36.5 Å². The number of aromatic nitrogens is 2. The second-order valence-electron chi connectivity index (χ2n) is 9.62. The van der Waals surface area contributed by atoms with Gasteiger partial charge in [-0.25, -0.2) is 0 Å². The first kappa shape index (κ1) is 25.2. The van der Waals surface area contributed by atoms with E-state index < -0.39 is 12.5 Å². The fraction of sp³-hybridized carbons (Fsp3) is 0.393. The van der Waals surface area contributed by atoms with Crippen molar-refractivity contribution in [3.05, 3.63) is 71.4 Å². The third-order valence-electron chi connectivity index (χ3n) is 7.02. The van der Waals surface area contributed by atoms with Crippen LogP contribution in [0.2, 0.25) is 0 Å². The van der Waals surface area contributed by atoms with Crippen molar-refractivity contribution in [3.8, 4) is 0 Å². The summed E-state index contributed by atoms with van der Waals surface area (Å²) in [7, 11) is 1.27. The normalized spacial score (nSPS) is 17.3. The highest BCUT2D eigenvalue weighted by atomic mass is 19.3. The Hall–Kier alpha value is -3.43. The molecule has 2 aliphatic heterocycles. The second-order valence-corrected chi connectivity index (χ2v) is 9.62. The van der Waals surface area contributed by atoms with Crippen LogP contribution in [0.5, 0.6) is 0 Å². The molecule has 1 aromatic heterocycles. The van der Waals surface area contributed by atoms with Crippen molar-refractivity contribution in [2.45, 2.75) is 25.3 Å². The predicted octanol–water partition coefficient (Wildman–Crippen LogP) is 4.80. The molecule has 2 aliphatic rings. The molecule has 9 heteroatoms. The van der Waals surface area contributed by atoms with Crippen LogP contribution in [-0.4, -0.2) is 61.0 Å². The summed E-state index contributed by atoms with van der Waals surface area (Å²) in [5.41, 5.74) is 4.40. The number of hydrogen-bond donors (Lipinski definition) is 1. The van der Waals surface area contributed by atoms with Crippen LogP contribution in [0.1, 0.15) is 36.1 Å². The third-order valence-corrected chi connectivity index (χ3v) is 7.02. The van der Waals surface area contributed by atoms with E-state index in [1.54, 1.807) is 12.3 Å². The lowest BCUT2D eigenvalue weighted by Crippen LogP contribution is -2.46. The molecule has 7 nitrogen and oxygen atoms in total. The maximum absolute atomic E-state index is 14.4. The van der Waals surface area contributed by atoms with E-state index in [2.05, 4.69) is 27.7 Å². The van der Waals surface area contributed by atoms with Gasteiger partial charge in [0, 0.05) is 37.2 Å². The number of benzene rings is 2. The van der Waals surface area contributed by atoms with Gasteiger partial charge >= 0.3 is 0 Å². The highest BCUT2D eigenvalue weighted by molar-refractivity contribution is 5.93. The Morgan fingerprint density at radius 3 is 2.81 bits per heavy atom. The number of nitrogens with one attached hydrogen (secondary N) is 1. The molecule has 1 fully saturated rings. The first-order valence-electron chi connectivity index (χ1n) is 12.4. The number of halogens is 2. The number of anilines is 1. The van der Waals surface area contributed by atoms with Crippen LogP contribution < -0.4 is 5.32 Å². The maximum Gasteiger partial charge on any atom is 0.296 e. The van der Waals surface area contributed by atoms with E-state index in [1.807, 2.05) is 30.0 Å². The van der Waals surface area contributed by atoms with Gasteiger partial charge in [-0.05, 0) is 48.2 Å². The van der Waals surface area contributed by atoms with Gasteiger partial charge in [-0.3, -0.25) is 4.79 Å². The predicted molar refractivity (Wildman–Crippen MR) is 137 cm³/mol. The number of nitrogens with zero attached hydrogens (tertiary/aromatic N) is 3. The van der Waals surface area contributed by atoms with Crippen LogP contribution >= 0.6 is 0 Å². The van der Waals surface area contributed by atoms with E-state index in [-0.39, 0.29) is 23.4 Å². The summed E-state index contributed by atoms with van der Waals surface area (Å²) >= 11 is 0. The van der Waals surface area contributed by atoms with Crippen LogP contribution in [0.25, 0.3) is 16.5 Å². The first-order valence-corrected chi connectivity index (χ1v) is 12.4. The molecule has 0 spiro atoms.